The second-order valence-electron chi connectivity index (χ2n) is 4.95. The average molecular weight is 353 g/mol. The molecule has 0 aliphatic carbocycles. The molecule has 1 atom stereocenters. The van der Waals surface area contributed by atoms with E-state index in [-0.39, 0.29) is 6.04 Å². The summed E-state index contributed by atoms with van der Waals surface area (Å²) in [5, 5.41) is 4.59. The number of nitrogens with one attached hydrogen (secondary N) is 1. The maximum Gasteiger partial charge on any atom is 0.211 e. The Hall–Kier alpha value is -0.330. The molecular formula is C14H22Cl2N2O2S. The molecule has 1 unspecified atom stereocenters. The Balaban J connectivity index is 2.45. The summed E-state index contributed by atoms with van der Waals surface area (Å²) in [6.45, 7) is 5.58. The van der Waals surface area contributed by atoms with Crippen LogP contribution in [0.25, 0.3) is 0 Å². The van der Waals surface area contributed by atoms with Crippen molar-refractivity contribution in [2.24, 2.45) is 0 Å². The minimum Gasteiger partial charge on any atom is -0.310 e. The standard InChI is InChI=1S/C14H22Cl2N2O2S/c1-4-18(21(3,19)20)9-5-8-17-11(2)13-7-6-12(15)10-14(13)16/h6-7,10-11,17H,4-5,8-9H2,1-3H3. The van der Waals surface area contributed by atoms with Crippen molar-refractivity contribution in [3.8, 4) is 0 Å². The van der Waals surface area contributed by atoms with Gasteiger partial charge in [-0.1, -0.05) is 36.2 Å². The zero-order valence-electron chi connectivity index (χ0n) is 12.6. The van der Waals surface area contributed by atoms with E-state index in [0.29, 0.717) is 29.7 Å². The van der Waals surface area contributed by atoms with E-state index < -0.39 is 10.0 Å². The van der Waals surface area contributed by atoms with Gasteiger partial charge in [0.05, 0.1) is 6.26 Å². The second kappa shape index (κ2) is 8.34. The zero-order chi connectivity index (χ0) is 16.0. The molecule has 1 rings (SSSR count). The highest BCUT2D eigenvalue weighted by molar-refractivity contribution is 7.88. The van der Waals surface area contributed by atoms with Crippen molar-refractivity contribution < 1.29 is 8.42 Å². The van der Waals surface area contributed by atoms with Crippen molar-refractivity contribution in [3.05, 3.63) is 33.8 Å². The van der Waals surface area contributed by atoms with E-state index >= 15 is 0 Å². The van der Waals surface area contributed by atoms with Crippen LogP contribution in [0.2, 0.25) is 10.0 Å². The molecule has 21 heavy (non-hydrogen) atoms. The van der Waals surface area contributed by atoms with Crippen molar-refractivity contribution in [2.75, 3.05) is 25.9 Å². The van der Waals surface area contributed by atoms with Gasteiger partial charge >= 0.3 is 0 Å². The number of halogens is 2. The Morgan fingerprint density at radius 3 is 2.52 bits per heavy atom. The monoisotopic (exact) mass is 352 g/mol. The van der Waals surface area contributed by atoms with Crippen LogP contribution in [0, 0.1) is 0 Å². The van der Waals surface area contributed by atoms with E-state index in [1.165, 1.54) is 10.6 Å². The molecule has 0 spiro atoms. The van der Waals surface area contributed by atoms with Crippen LogP contribution in [-0.2, 0) is 10.0 Å². The Morgan fingerprint density at radius 1 is 1.33 bits per heavy atom. The van der Waals surface area contributed by atoms with Gasteiger partial charge in [-0.25, -0.2) is 12.7 Å². The highest BCUT2D eigenvalue weighted by Crippen LogP contribution is 2.25. The van der Waals surface area contributed by atoms with Gasteiger partial charge in [-0.15, -0.1) is 0 Å². The van der Waals surface area contributed by atoms with Gasteiger partial charge in [0, 0.05) is 29.2 Å². The molecule has 0 aromatic heterocycles. The van der Waals surface area contributed by atoms with Gasteiger partial charge in [0.1, 0.15) is 0 Å². The topological polar surface area (TPSA) is 49.4 Å². The van der Waals surface area contributed by atoms with Crippen LogP contribution in [-0.4, -0.2) is 38.6 Å². The molecule has 1 aromatic rings. The Bertz CT molecular complexity index is 564. The van der Waals surface area contributed by atoms with Crippen LogP contribution in [0.4, 0.5) is 0 Å². The molecule has 0 amide bonds. The van der Waals surface area contributed by atoms with Gasteiger partial charge in [-0.3, -0.25) is 0 Å². The van der Waals surface area contributed by atoms with Crippen molar-refractivity contribution in [1.29, 1.82) is 0 Å². The van der Waals surface area contributed by atoms with Gasteiger partial charge in [-0.2, -0.15) is 0 Å². The zero-order valence-corrected chi connectivity index (χ0v) is 14.9. The SMILES string of the molecule is CCN(CCCNC(C)c1ccc(Cl)cc1Cl)S(C)(=O)=O. The van der Waals surface area contributed by atoms with Crippen molar-refractivity contribution in [1.82, 2.24) is 9.62 Å². The van der Waals surface area contributed by atoms with Crippen LogP contribution < -0.4 is 5.32 Å². The summed E-state index contributed by atoms with van der Waals surface area (Å²) in [5.74, 6) is 0. The molecule has 0 bridgehead atoms. The molecule has 0 radical (unpaired) electrons. The molecule has 0 saturated heterocycles. The van der Waals surface area contributed by atoms with E-state index in [4.69, 9.17) is 23.2 Å². The van der Waals surface area contributed by atoms with E-state index in [1.807, 2.05) is 26.0 Å². The third kappa shape index (κ3) is 6.12. The van der Waals surface area contributed by atoms with Crippen molar-refractivity contribution in [3.63, 3.8) is 0 Å². The van der Waals surface area contributed by atoms with Crippen LogP contribution >= 0.6 is 23.2 Å². The first-order chi connectivity index (χ1) is 9.75. The molecule has 7 heteroatoms. The van der Waals surface area contributed by atoms with Crippen LogP contribution in [0.15, 0.2) is 18.2 Å². The summed E-state index contributed by atoms with van der Waals surface area (Å²) in [4.78, 5) is 0. The number of hydrogen-bond acceptors (Lipinski definition) is 3. The van der Waals surface area contributed by atoms with E-state index in [0.717, 1.165) is 12.0 Å². The summed E-state index contributed by atoms with van der Waals surface area (Å²) >= 11 is 12.0. The Morgan fingerprint density at radius 2 is 2.00 bits per heavy atom. The van der Waals surface area contributed by atoms with Crippen molar-refractivity contribution >= 4 is 33.2 Å². The first kappa shape index (κ1) is 18.7. The third-order valence-electron chi connectivity index (χ3n) is 3.29. The minimum atomic E-state index is -3.11. The van der Waals surface area contributed by atoms with Crippen LogP contribution in [0.5, 0.6) is 0 Å². The number of nitrogens with zero attached hydrogens (tertiary/aromatic N) is 1. The summed E-state index contributed by atoms with van der Waals surface area (Å²) in [7, 11) is -3.11. The molecule has 0 aliphatic rings. The second-order valence-corrected chi connectivity index (χ2v) is 7.78. The lowest BCUT2D eigenvalue weighted by Gasteiger charge is -2.19. The molecule has 0 fully saturated rings. The molecule has 1 N–H and O–H groups in total. The fraction of sp³-hybridized carbons (Fsp3) is 0.571. The summed E-state index contributed by atoms with van der Waals surface area (Å²) in [5.41, 5.74) is 0.983. The largest absolute Gasteiger partial charge is 0.310 e. The molecule has 0 saturated carbocycles. The molecule has 1 aromatic carbocycles. The number of sulfonamides is 1. The van der Waals surface area contributed by atoms with E-state index in [1.54, 1.807) is 6.07 Å². The highest BCUT2D eigenvalue weighted by atomic mass is 35.5. The van der Waals surface area contributed by atoms with Crippen molar-refractivity contribution in [2.45, 2.75) is 26.3 Å². The maximum absolute atomic E-state index is 11.5. The Kier molecular flexibility index (Phi) is 7.44. The fourth-order valence-electron chi connectivity index (χ4n) is 2.10. The summed E-state index contributed by atoms with van der Waals surface area (Å²) < 4.78 is 24.4. The average Bonchev–Trinajstić information content (AvgIpc) is 2.36. The fourth-order valence-corrected chi connectivity index (χ4v) is 3.60. The third-order valence-corrected chi connectivity index (χ3v) is 5.23. The maximum atomic E-state index is 11.5. The molecule has 120 valence electrons. The number of benzene rings is 1. The van der Waals surface area contributed by atoms with E-state index in [2.05, 4.69) is 5.32 Å². The lowest BCUT2D eigenvalue weighted by Crippen LogP contribution is -2.32. The van der Waals surface area contributed by atoms with Gasteiger partial charge < -0.3 is 5.32 Å². The predicted molar refractivity (Wildman–Crippen MR) is 89.6 cm³/mol. The number of hydrogen-bond donors (Lipinski definition) is 1. The van der Waals surface area contributed by atoms with Crippen LogP contribution in [0.1, 0.15) is 31.9 Å². The molecule has 0 heterocycles. The highest BCUT2D eigenvalue weighted by Gasteiger charge is 2.14. The summed E-state index contributed by atoms with van der Waals surface area (Å²) in [6, 6.07) is 5.52. The first-order valence-electron chi connectivity index (χ1n) is 6.89. The quantitative estimate of drug-likeness (QED) is 0.730. The van der Waals surface area contributed by atoms with Gasteiger partial charge in [0.15, 0.2) is 0 Å². The lowest BCUT2D eigenvalue weighted by atomic mass is 10.1. The first-order valence-corrected chi connectivity index (χ1v) is 9.49. The normalized spacial score (nSPS) is 13.6. The summed E-state index contributed by atoms with van der Waals surface area (Å²) in [6.07, 6.45) is 1.98. The van der Waals surface area contributed by atoms with Gasteiger partial charge in [0.25, 0.3) is 0 Å². The lowest BCUT2D eigenvalue weighted by molar-refractivity contribution is 0.413. The van der Waals surface area contributed by atoms with E-state index in [9.17, 15) is 8.42 Å². The van der Waals surface area contributed by atoms with Crippen LogP contribution in [0.3, 0.4) is 0 Å². The molecule has 4 nitrogen and oxygen atoms in total. The smallest absolute Gasteiger partial charge is 0.211 e. The Labute approximate surface area is 137 Å². The molecule has 0 aliphatic heterocycles. The predicted octanol–water partition coefficient (Wildman–Crippen LogP) is 3.32. The van der Waals surface area contributed by atoms with Gasteiger partial charge in [0.2, 0.25) is 10.0 Å². The van der Waals surface area contributed by atoms with Gasteiger partial charge in [-0.05, 0) is 37.6 Å². The minimum absolute atomic E-state index is 0.0862. The number of rotatable bonds is 8. The molecular weight excluding hydrogens is 331 g/mol.